The molecule has 0 aliphatic rings. The Hall–Kier alpha value is -0.380. The van der Waals surface area contributed by atoms with Crippen molar-refractivity contribution in [2.24, 2.45) is 0 Å². The zero-order valence-electron chi connectivity index (χ0n) is 11.8. The molecule has 0 unspecified atom stereocenters. The summed E-state index contributed by atoms with van der Waals surface area (Å²) in [4.78, 5) is 5.39. The van der Waals surface area contributed by atoms with E-state index in [0.717, 1.165) is 13.1 Å². The van der Waals surface area contributed by atoms with Crippen LogP contribution in [0.4, 0.5) is 0 Å². The van der Waals surface area contributed by atoms with Gasteiger partial charge in [0.05, 0.1) is 0 Å². The highest BCUT2D eigenvalue weighted by atomic mass is 32.1. The van der Waals surface area contributed by atoms with E-state index < -0.39 is 0 Å². The van der Waals surface area contributed by atoms with Crippen molar-refractivity contribution in [3.63, 3.8) is 0 Å². The molecule has 0 saturated heterocycles. The lowest BCUT2D eigenvalue weighted by atomic mass is 10.1. The van der Waals surface area contributed by atoms with Crippen LogP contribution in [0.5, 0.6) is 0 Å². The molecule has 2 nitrogen and oxygen atoms in total. The summed E-state index contributed by atoms with van der Waals surface area (Å²) < 4.78 is 0. The van der Waals surface area contributed by atoms with E-state index in [1.165, 1.54) is 28.2 Å². The van der Waals surface area contributed by atoms with Gasteiger partial charge in [0.15, 0.2) is 0 Å². The Morgan fingerprint density at radius 2 is 2.00 bits per heavy atom. The molecule has 3 heteroatoms. The maximum Gasteiger partial charge on any atom is 0.0296 e. The van der Waals surface area contributed by atoms with Gasteiger partial charge in [0, 0.05) is 28.9 Å². The van der Waals surface area contributed by atoms with Crippen LogP contribution in [-0.4, -0.2) is 25.0 Å². The minimum atomic E-state index is 0.710. The zero-order valence-corrected chi connectivity index (χ0v) is 12.7. The number of nitrogens with zero attached hydrogens (tertiary/aromatic N) is 1. The van der Waals surface area contributed by atoms with Crippen molar-refractivity contribution in [2.75, 3.05) is 14.1 Å². The summed E-state index contributed by atoms with van der Waals surface area (Å²) in [7, 11) is 4.25. The van der Waals surface area contributed by atoms with Crippen LogP contribution in [0.15, 0.2) is 6.07 Å². The molecule has 1 rings (SSSR count). The predicted molar refractivity (Wildman–Crippen MR) is 77.7 cm³/mol. The van der Waals surface area contributed by atoms with Crippen molar-refractivity contribution in [2.45, 2.75) is 52.7 Å². The molecule has 17 heavy (non-hydrogen) atoms. The minimum absolute atomic E-state index is 0.710. The Kier molecular flexibility index (Phi) is 6.17. The van der Waals surface area contributed by atoms with Crippen LogP contribution in [0.3, 0.4) is 0 Å². The van der Waals surface area contributed by atoms with Crippen molar-refractivity contribution in [3.8, 4) is 0 Å². The molecular weight excluding hydrogens is 228 g/mol. The Morgan fingerprint density at radius 3 is 2.53 bits per heavy atom. The van der Waals surface area contributed by atoms with E-state index in [1.807, 2.05) is 18.4 Å². The van der Waals surface area contributed by atoms with Crippen LogP contribution in [0, 0.1) is 6.92 Å². The van der Waals surface area contributed by atoms with E-state index in [9.17, 15) is 0 Å². The summed E-state index contributed by atoms with van der Waals surface area (Å²) in [6, 6.07) is 3.07. The third-order valence-corrected chi connectivity index (χ3v) is 4.50. The maximum atomic E-state index is 3.22. The van der Waals surface area contributed by atoms with Gasteiger partial charge in [-0.15, -0.1) is 11.3 Å². The lowest BCUT2D eigenvalue weighted by Gasteiger charge is -2.25. The summed E-state index contributed by atoms with van der Waals surface area (Å²) in [6.45, 7) is 8.85. The zero-order chi connectivity index (χ0) is 12.8. The number of nitrogens with one attached hydrogen (secondary N) is 1. The van der Waals surface area contributed by atoms with Gasteiger partial charge in [-0.25, -0.2) is 0 Å². The Morgan fingerprint density at radius 1 is 1.35 bits per heavy atom. The lowest BCUT2D eigenvalue weighted by molar-refractivity contribution is 0.221. The first-order valence-electron chi connectivity index (χ1n) is 6.55. The molecule has 1 aromatic rings. The number of hydrogen-bond donors (Lipinski definition) is 1. The third kappa shape index (κ3) is 4.09. The minimum Gasteiger partial charge on any atom is -0.315 e. The Bertz CT molecular complexity index is 329. The number of aryl methyl sites for hydroxylation is 1. The summed E-state index contributed by atoms with van der Waals surface area (Å²) in [5.41, 5.74) is 1.50. The molecule has 0 aromatic carbocycles. The van der Waals surface area contributed by atoms with Crippen LogP contribution < -0.4 is 5.32 Å². The third-order valence-electron chi connectivity index (χ3n) is 3.41. The molecule has 0 amide bonds. The Labute approximate surface area is 110 Å². The van der Waals surface area contributed by atoms with Gasteiger partial charge in [-0.3, -0.25) is 4.90 Å². The fourth-order valence-corrected chi connectivity index (χ4v) is 3.38. The molecule has 0 atom stereocenters. The van der Waals surface area contributed by atoms with E-state index in [2.05, 4.69) is 44.1 Å². The van der Waals surface area contributed by atoms with Gasteiger partial charge in [-0.1, -0.05) is 13.8 Å². The van der Waals surface area contributed by atoms with E-state index in [0.29, 0.717) is 6.04 Å². The van der Waals surface area contributed by atoms with Crippen LogP contribution in [0.2, 0.25) is 0 Å². The quantitative estimate of drug-likeness (QED) is 0.802. The highest BCUT2D eigenvalue weighted by Crippen LogP contribution is 2.23. The largest absolute Gasteiger partial charge is 0.315 e. The Balaban J connectivity index is 2.67. The van der Waals surface area contributed by atoms with Gasteiger partial charge in [0.2, 0.25) is 0 Å². The van der Waals surface area contributed by atoms with Crippen LogP contribution in [0.25, 0.3) is 0 Å². The standard InChI is InChI=1S/C14H26N2S/c1-6-13(7-2)16(5)10-12-8-14(9-15-4)17-11(12)3/h8,13,15H,6-7,9-10H2,1-5H3. The highest BCUT2D eigenvalue weighted by Gasteiger charge is 2.13. The van der Waals surface area contributed by atoms with Gasteiger partial charge < -0.3 is 5.32 Å². The second kappa shape index (κ2) is 7.14. The van der Waals surface area contributed by atoms with Gasteiger partial charge in [-0.05, 0) is 45.5 Å². The maximum absolute atomic E-state index is 3.22. The normalized spacial score (nSPS) is 11.7. The van der Waals surface area contributed by atoms with Crippen molar-refractivity contribution in [3.05, 3.63) is 21.4 Å². The highest BCUT2D eigenvalue weighted by molar-refractivity contribution is 7.12. The summed E-state index contributed by atoms with van der Waals surface area (Å²) in [6.07, 6.45) is 2.47. The predicted octanol–water partition coefficient (Wildman–Crippen LogP) is 3.40. The second-order valence-electron chi connectivity index (χ2n) is 4.71. The smallest absolute Gasteiger partial charge is 0.0296 e. The monoisotopic (exact) mass is 254 g/mol. The summed E-state index contributed by atoms with van der Waals surface area (Å²) in [5, 5.41) is 3.22. The molecular formula is C14H26N2S. The summed E-state index contributed by atoms with van der Waals surface area (Å²) >= 11 is 1.92. The molecule has 0 spiro atoms. The fourth-order valence-electron chi connectivity index (χ4n) is 2.32. The molecule has 0 saturated carbocycles. The van der Waals surface area contributed by atoms with Crippen molar-refractivity contribution in [1.82, 2.24) is 10.2 Å². The van der Waals surface area contributed by atoms with Crippen LogP contribution >= 0.6 is 11.3 Å². The molecule has 98 valence electrons. The SMILES string of the molecule is CCC(CC)N(C)Cc1cc(CNC)sc1C. The van der Waals surface area contributed by atoms with Crippen molar-refractivity contribution in [1.29, 1.82) is 0 Å². The number of hydrogen-bond acceptors (Lipinski definition) is 3. The first kappa shape index (κ1) is 14.7. The molecule has 0 aliphatic heterocycles. The average Bonchev–Trinajstić information content (AvgIpc) is 2.61. The number of thiophene rings is 1. The van der Waals surface area contributed by atoms with E-state index in [1.54, 1.807) is 0 Å². The topological polar surface area (TPSA) is 15.3 Å². The van der Waals surface area contributed by atoms with E-state index in [-0.39, 0.29) is 0 Å². The van der Waals surface area contributed by atoms with Crippen LogP contribution in [0.1, 0.15) is 42.0 Å². The lowest BCUT2D eigenvalue weighted by Crippen LogP contribution is -2.30. The molecule has 0 fully saturated rings. The second-order valence-corrected chi connectivity index (χ2v) is 6.05. The fraction of sp³-hybridized carbons (Fsp3) is 0.714. The molecule has 1 aromatic heterocycles. The summed E-state index contributed by atoms with van der Waals surface area (Å²) in [5.74, 6) is 0. The molecule has 1 heterocycles. The first-order chi connectivity index (χ1) is 8.12. The van der Waals surface area contributed by atoms with Crippen LogP contribution in [-0.2, 0) is 13.1 Å². The van der Waals surface area contributed by atoms with Crippen molar-refractivity contribution >= 4 is 11.3 Å². The molecule has 0 bridgehead atoms. The van der Waals surface area contributed by atoms with Crippen molar-refractivity contribution < 1.29 is 0 Å². The van der Waals surface area contributed by atoms with Gasteiger partial charge in [0.1, 0.15) is 0 Å². The molecule has 0 aliphatic carbocycles. The molecule has 1 N–H and O–H groups in total. The van der Waals surface area contributed by atoms with Gasteiger partial charge >= 0.3 is 0 Å². The van der Waals surface area contributed by atoms with E-state index >= 15 is 0 Å². The van der Waals surface area contributed by atoms with Gasteiger partial charge in [-0.2, -0.15) is 0 Å². The van der Waals surface area contributed by atoms with Gasteiger partial charge in [0.25, 0.3) is 0 Å². The van der Waals surface area contributed by atoms with E-state index in [4.69, 9.17) is 0 Å². The first-order valence-corrected chi connectivity index (χ1v) is 7.37. The number of rotatable bonds is 7. The molecule has 0 radical (unpaired) electrons. The average molecular weight is 254 g/mol.